The number of benzene rings is 6. The number of hydrogen-bond donors (Lipinski definition) is 0. The maximum absolute atomic E-state index is 10.7. The second-order valence-corrected chi connectivity index (χ2v) is 16.7. The second kappa shape index (κ2) is 14.5. The smallest absolute Gasteiger partial charge is 0.0340 e. The van der Waals surface area contributed by atoms with E-state index in [-0.39, 0.29) is 11.8 Å². The Labute approximate surface area is 302 Å². The van der Waals surface area contributed by atoms with Crippen LogP contribution < -0.4 is 0 Å². The summed E-state index contributed by atoms with van der Waals surface area (Å²) in [6.07, 6.45) is 0. The van der Waals surface area contributed by atoms with Crippen LogP contribution in [0.15, 0.2) is 180 Å². The molecule has 53 heavy (non-hydrogen) atoms. The first-order valence-corrected chi connectivity index (χ1v) is 20.3. The molecule has 6 aromatic rings. The van der Waals surface area contributed by atoms with Gasteiger partial charge >= 0.3 is 66.0 Å². The minimum Gasteiger partial charge on any atom is -0.0901 e. The first-order chi connectivity index (χ1) is 24.2. The van der Waals surface area contributed by atoms with Crippen LogP contribution in [0.25, 0.3) is 0 Å². The average Bonchev–Trinajstić information content (AvgIpc) is 3.05. The van der Waals surface area contributed by atoms with E-state index in [0.717, 1.165) is 0 Å². The molecule has 0 aliphatic heterocycles. The summed E-state index contributed by atoms with van der Waals surface area (Å²) in [4.78, 5) is 2.50. The van der Waals surface area contributed by atoms with Crippen LogP contribution in [0.1, 0.15) is 45.2 Å². The Bertz CT molecular complexity index is 1830. The minimum absolute atomic E-state index is 0.194. The Balaban J connectivity index is 0.000000381. The van der Waals surface area contributed by atoms with E-state index in [4.69, 9.17) is 0 Å². The minimum atomic E-state index is -10.7. The molecule has 0 radical (unpaired) electrons. The molecule has 6 aromatic carbocycles. The van der Waals surface area contributed by atoms with Crippen molar-refractivity contribution in [2.75, 3.05) is 0 Å². The van der Waals surface area contributed by atoms with Crippen LogP contribution in [0.4, 0.5) is 50.4 Å². The summed E-state index contributed by atoms with van der Waals surface area (Å²) in [5.74, 6) is 0.389. The van der Waals surface area contributed by atoms with Crippen LogP contribution in [0.3, 0.4) is 0 Å². The summed E-state index contributed by atoms with van der Waals surface area (Å²) in [5.41, 5.74) is 7.84. The van der Waals surface area contributed by atoms with Gasteiger partial charge in [-0.25, -0.2) is 0 Å². The van der Waals surface area contributed by atoms with Crippen molar-refractivity contribution in [1.82, 2.24) is 0 Å². The average molecular weight is 809 g/mol. The zero-order valence-electron chi connectivity index (χ0n) is 27.2. The number of hydrogen-bond acceptors (Lipinski definition) is 1. The molecule has 284 valence electrons. The summed E-state index contributed by atoms with van der Waals surface area (Å²) in [6, 6.07) is 61.3. The van der Waals surface area contributed by atoms with Gasteiger partial charge in [0, 0.05) is 21.6 Å². The number of halogens is 12. The number of rotatable bonds is 8. The standard InChI is InChI=1S/C38H30S.2F6P/c1-5-15-29(16-6-1)37(30-17-7-2-8-18-30)33-23-13-25-35(27-33)39-36-26-14-24-34(28-36)38(31-19-9-3-10-20-31)32-21-11-4-12-22-32;2*1-7(2,3,4,5)6/h1-28,37-38H;;/q;2*-1. The van der Waals surface area contributed by atoms with Gasteiger partial charge in [0.2, 0.25) is 0 Å². The molecule has 0 aromatic heterocycles. The SMILES string of the molecule is F[P-](F)(F)(F)(F)F.F[P-](F)(F)(F)(F)F.c1ccc(C(c2ccccc2)c2cccc(Sc3cccc(C(c4ccccc4)c4ccccc4)c3)c2)cc1. The zero-order valence-corrected chi connectivity index (χ0v) is 29.8. The Morgan fingerprint density at radius 1 is 0.283 bits per heavy atom. The van der Waals surface area contributed by atoms with Crippen molar-refractivity contribution in [2.45, 2.75) is 21.6 Å². The fraction of sp³-hybridized carbons (Fsp3) is 0.0526. The van der Waals surface area contributed by atoms with Crippen LogP contribution in [0.5, 0.6) is 0 Å². The molecule has 0 atom stereocenters. The van der Waals surface area contributed by atoms with Gasteiger partial charge in [0.25, 0.3) is 0 Å². The molecule has 0 bridgehead atoms. The fourth-order valence-electron chi connectivity index (χ4n) is 5.39. The van der Waals surface area contributed by atoms with Gasteiger partial charge < -0.3 is 0 Å². The Morgan fingerprint density at radius 3 is 0.717 bits per heavy atom. The summed E-state index contributed by atoms with van der Waals surface area (Å²) >= 11 is 1.83. The van der Waals surface area contributed by atoms with Gasteiger partial charge in [-0.05, 0) is 57.6 Å². The molecule has 0 aliphatic carbocycles. The quantitative estimate of drug-likeness (QED) is 0.0838. The van der Waals surface area contributed by atoms with Crippen molar-refractivity contribution in [3.63, 3.8) is 0 Å². The van der Waals surface area contributed by atoms with E-state index in [9.17, 15) is 50.4 Å². The Kier molecular flexibility index (Phi) is 11.3. The maximum atomic E-state index is 9.87. The van der Waals surface area contributed by atoms with Gasteiger partial charge in [-0.3, -0.25) is 0 Å². The summed E-state index contributed by atoms with van der Waals surface area (Å²) in [5, 5.41) is 0. The fourth-order valence-corrected chi connectivity index (χ4v) is 6.34. The topological polar surface area (TPSA) is 0 Å². The molecule has 0 saturated heterocycles. The molecular formula is C38H30F12P2S-2. The third-order valence-electron chi connectivity index (χ3n) is 7.15. The normalized spacial score (nSPS) is 14.3. The van der Waals surface area contributed by atoms with Crippen LogP contribution >= 0.6 is 27.4 Å². The molecule has 0 unspecified atom stereocenters. The molecule has 0 amide bonds. The predicted octanol–water partition coefficient (Wildman–Crippen LogP) is 17.0. The zero-order chi connectivity index (χ0) is 39.1. The third kappa shape index (κ3) is 17.4. The predicted molar refractivity (Wildman–Crippen MR) is 192 cm³/mol. The molecule has 0 N–H and O–H groups in total. The van der Waals surface area contributed by atoms with Crippen LogP contribution in [-0.4, -0.2) is 0 Å². The molecule has 0 saturated carbocycles. The molecule has 6 rings (SSSR count). The van der Waals surface area contributed by atoms with Crippen LogP contribution in [-0.2, 0) is 0 Å². The molecular weight excluding hydrogens is 778 g/mol. The Morgan fingerprint density at radius 2 is 0.491 bits per heavy atom. The molecule has 0 aliphatic rings. The third-order valence-corrected chi connectivity index (χ3v) is 8.13. The van der Waals surface area contributed by atoms with E-state index in [1.54, 1.807) is 0 Å². The van der Waals surface area contributed by atoms with Crippen molar-refractivity contribution < 1.29 is 50.4 Å². The largest absolute Gasteiger partial charge is 0.0901 e. The maximum Gasteiger partial charge on any atom is 0.0340 e. The van der Waals surface area contributed by atoms with Crippen molar-refractivity contribution in [2.24, 2.45) is 0 Å². The monoisotopic (exact) mass is 808 g/mol. The van der Waals surface area contributed by atoms with Gasteiger partial charge in [0.1, 0.15) is 0 Å². The Hall–Kier alpha value is -4.31. The van der Waals surface area contributed by atoms with E-state index in [2.05, 4.69) is 170 Å². The first-order valence-electron chi connectivity index (χ1n) is 15.5. The van der Waals surface area contributed by atoms with E-state index in [1.807, 2.05) is 11.8 Å². The molecule has 0 heterocycles. The van der Waals surface area contributed by atoms with Crippen molar-refractivity contribution in [3.8, 4) is 0 Å². The van der Waals surface area contributed by atoms with Crippen molar-refractivity contribution in [1.29, 1.82) is 0 Å². The summed E-state index contributed by atoms with van der Waals surface area (Å²) in [6.45, 7) is 0. The van der Waals surface area contributed by atoms with Crippen molar-refractivity contribution >= 4 is 27.4 Å². The molecule has 0 nitrogen and oxygen atoms in total. The molecule has 0 spiro atoms. The van der Waals surface area contributed by atoms with Crippen LogP contribution in [0.2, 0.25) is 0 Å². The van der Waals surface area contributed by atoms with Crippen molar-refractivity contribution in [3.05, 3.63) is 203 Å². The van der Waals surface area contributed by atoms with Gasteiger partial charge in [0.05, 0.1) is 0 Å². The molecule has 0 fully saturated rings. The van der Waals surface area contributed by atoms with E-state index in [0.29, 0.717) is 0 Å². The van der Waals surface area contributed by atoms with Gasteiger partial charge in [0.15, 0.2) is 0 Å². The van der Waals surface area contributed by atoms with Gasteiger partial charge in [-0.15, -0.1) is 0 Å². The summed E-state index contributed by atoms with van der Waals surface area (Å²) < 4.78 is 118. The van der Waals surface area contributed by atoms with E-state index >= 15 is 0 Å². The van der Waals surface area contributed by atoms with Gasteiger partial charge in [-0.2, -0.15) is 0 Å². The van der Waals surface area contributed by atoms with E-state index in [1.165, 1.54) is 43.2 Å². The first kappa shape index (κ1) is 41.4. The molecule has 15 heteroatoms. The second-order valence-electron chi connectivity index (χ2n) is 11.7. The summed E-state index contributed by atoms with van der Waals surface area (Å²) in [7, 11) is -21.3. The van der Waals surface area contributed by atoms with Crippen LogP contribution in [0, 0.1) is 0 Å². The van der Waals surface area contributed by atoms with Gasteiger partial charge in [-0.1, -0.05) is 157 Å². The van der Waals surface area contributed by atoms with E-state index < -0.39 is 15.6 Å².